The molecule has 12 heavy (non-hydrogen) atoms. The summed E-state index contributed by atoms with van der Waals surface area (Å²) in [6.45, 7) is 5.57. The molecule has 1 aliphatic rings. The zero-order valence-corrected chi connectivity index (χ0v) is 7.42. The van der Waals surface area contributed by atoms with E-state index in [0.717, 1.165) is 0 Å². The van der Waals surface area contributed by atoms with Crippen LogP contribution in [0.4, 0.5) is 0 Å². The second kappa shape index (κ2) is 2.45. The molecule has 5 nitrogen and oxygen atoms in total. The average Bonchev–Trinajstić information content (AvgIpc) is 2.31. The zero-order chi connectivity index (χ0) is 9.41. The normalized spacial score (nSPS) is 28.6. The Balaban J connectivity index is 3.04. The Kier molecular flexibility index (Phi) is 1.83. The number of nitrogens with zero attached hydrogens (tertiary/aromatic N) is 1. The van der Waals surface area contributed by atoms with E-state index < -0.39 is 17.0 Å². The monoisotopic (exact) mass is 171 g/mol. The number of amides is 1. The second-order valence-electron chi connectivity index (χ2n) is 3.78. The Morgan fingerprint density at radius 1 is 1.67 bits per heavy atom. The van der Waals surface area contributed by atoms with Gasteiger partial charge in [0.15, 0.2) is 6.40 Å². The van der Waals surface area contributed by atoms with Crippen molar-refractivity contribution in [3.8, 4) is 0 Å². The van der Waals surface area contributed by atoms with Crippen LogP contribution >= 0.6 is 0 Å². The van der Waals surface area contributed by atoms with Crippen LogP contribution in [0, 0.1) is 5.41 Å². The van der Waals surface area contributed by atoms with Gasteiger partial charge in [-0.3, -0.25) is 4.79 Å². The van der Waals surface area contributed by atoms with E-state index in [1.807, 2.05) is 20.8 Å². The van der Waals surface area contributed by atoms with Gasteiger partial charge in [0.2, 0.25) is 5.66 Å². The minimum Gasteiger partial charge on any atom is -0.394 e. The second-order valence-corrected chi connectivity index (χ2v) is 3.78. The highest BCUT2D eigenvalue weighted by atomic mass is 16.7. The van der Waals surface area contributed by atoms with Crippen LogP contribution in [0.15, 0.2) is 4.99 Å². The first-order valence-electron chi connectivity index (χ1n) is 3.66. The minimum atomic E-state index is -1.13. The molecular formula is C7H13N3O2. The van der Waals surface area contributed by atoms with Crippen molar-refractivity contribution in [3.63, 3.8) is 0 Å². The van der Waals surface area contributed by atoms with Crippen molar-refractivity contribution in [2.75, 3.05) is 0 Å². The van der Waals surface area contributed by atoms with Crippen molar-refractivity contribution in [1.29, 1.82) is 0 Å². The molecule has 1 heterocycles. The summed E-state index contributed by atoms with van der Waals surface area (Å²) >= 11 is 0. The van der Waals surface area contributed by atoms with E-state index in [-0.39, 0.29) is 0 Å². The standard InChI is InChI=1S/C7H13N3O2/c1-6(2,3)7(5(8)11)9-4-12-10-7/h4,10H,1-3H3,(H2,8,11). The Hall–Kier alpha value is -1.10. The molecule has 0 saturated heterocycles. The van der Waals surface area contributed by atoms with Crippen LogP contribution in [0.3, 0.4) is 0 Å². The van der Waals surface area contributed by atoms with Crippen LogP contribution < -0.4 is 11.2 Å². The molecule has 1 atom stereocenters. The first kappa shape index (κ1) is 8.99. The summed E-state index contributed by atoms with van der Waals surface area (Å²) in [5, 5.41) is 0. The van der Waals surface area contributed by atoms with Gasteiger partial charge in [0, 0.05) is 5.41 Å². The van der Waals surface area contributed by atoms with Gasteiger partial charge in [0.1, 0.15) is 0 Å². The summed E-state index contributed by atoms with van der Waals surface area (Å²) in [6.07, 6.45) is 1.19. The summed E-state index contributed by atoms with van der Waals surface area (Å²) in [5.74, 6) is -0.538. The summed E-state index contributed by atoms with van der Waals surface area (Å²) < 4.78 is 0. The number of carbonyl (C=O) groups is 1. The highest BCUT2D eigenvalue weighted by molar-refractivity contribution is 5.87. The fraction of sp³-hybridized carbons (Fsp3) is 0.714. The van der Waals surface area contributed by atoms with Crippen molar-refractivity contribution >= 4 is 12.3 Å². The first-order chi connectivity index (χ1) is 5.40. The van der Waals surface area contributed by atoms with Gasteiger partial charge in [-0.05, 0) is 0 Å². The van der Waals surface area contributed by atoms with Gasteiger partial charge in [-0.25, -0.2) is 4.99 Å². The summed E-state index contributed by atoms with van der Waals surface area (Å²) in [4.78, 5) is 19.7. The molecule has 0 radical (unpaired) electrons. The molecule has 1 unspecified atom stereocenters. The van der Waals surface area contributed by atoms with Gasteiger partial charge >= 0.3 is 0 Å². The molecule has 0 spiro atoms. The van der Waals surface area contributed by atoms with E-state index in [0.29, 0.717) is 0 Å². The Morgan fingerprint density at radius 2 is 2.25 bits per heavy atom. The molecule has 68 valence electrons. The number of rotatable bonds is 1. The molecule has 0 aromatic heterocycles. The smallest absolute Gasteiger partial charge is 0.263 e. The lowest BCUT2D eigenvalue weighted by molar-refractivity contribution is -0.131. The average molecular weight is 171 g/mol. The maximum atomic E-state index is 11.1. The van der Waals surface area contributed by atoms with Gasteiger partial charge in [-0.15, -0.1) is 5.48 Å². The fourth-order valence-corrected chi connectivity index (χ4v) is 1.07. The number of hydroxylamine groups is 1. The van der Waals surface area contributed by atoms with E-state index in [2.05, 4.69) is 10.5 Å². The van der Waals surface area contributed by atoms with E-state index >= 15 is 0 Å². The minimum absolute atomic E-state index is 0.411. The van der Waals surface area contributed by atoms with Crippen LogP contribution in [0.1, 0.15) is 20.8 Å². The quantitative estimate of drug-likeness (QED) is 0.572. The third kappa shape index (κ3) is 1.06. The van der Waals surface area contributed by atoms with Crippen molar-refractivity contribution in [2.24, 2.45) is 16.1 Å². The maximum Gasteiger partial charge on any atom is 0.263 e. The molecule has 0 bridgehead atoms. The first-order valence-corrected chi connectivity index (χ1v) is 3.66. The molecule has 0 aromatic rings. The molecule has 3 N–H and O–H groups in total. The van der Waals surface area contributed by atoms with Gasteiger partial charge in [-0.2, -0.15) is 0 Å². The third-order valence-corrected chi connectivity index (χ3v) is 1.95. The van der Waals surface area contributed by atoms with Crippen molar-refractivity contribution in [2.45, 2.75) is 26.4 Å². The molecule has 0 fully saturated rings. The van der Waals surface area contributed by atoms with Gasteiger partial charge in [0.05, 0.1) is 0 Å². The number of carbonyl (C=O) groups excluding carboxylic acids is 1. The molecule has 0 saturated carbocycles. The molecule has 1 amide bonds. The summed E-state index contributed by atoms with van der Waals surface area (Å²) in [5.41, 5.74) is 6.19. The molecule has 0 aromatic carbocycles. The fourth-order valence-electron chi connectivity index (χ4n) is 1.07. The number of nitrogens with one attached hydrogen (secondary N) is 1. The Morgan fingerprint density at radius 3 is 2.42 bits per heavy atom. The molecule has 5 heteroatoms. The van der Waals surface area contributed by atoms with Crippen LogP contribution in [0.2, 0.25) is 0 Å². The van der Waals surface area contributed by atoms with E-state index in [4.69, 9.17) is 10.6 Å². The van der Waals surface area contributed by atoms with Crippen LogP contribution in [0.5, 0.6) is 0 Å². The summed E-state index contributed by atoms with van der Waals surface area (Å²) in [7, 11) is 0. The Bertz CT molecular complexity index is 231. The van der Waals surface area contributed by atoms with Crippen LogP contribution in [-0.4, -0.2) is 18.0 Å². The number of nitrogens with two attached hydrogens (primary N) is 1. The van der Waals surface area contributed by atoms with Crippen molar-refractivity contribution < 1.29 is 9.63 Å². The van der Waals surface area contributed by atoms with E-state index in [9.17, 15) is 4.79 Å². The van der Waals surface area contributed by atoms with Gasteiger partial charge in [0.25, 0.3) is 5.91 Å². The van der Waals surface area contributed by atoms with Crippen LogP contribution in [0.25, 0.3) is 0 Å². The lowest BCUT2D eigenvalue weighted by Crippen LogP contribution is -2.59. The Labute approximate surface area is 70.9 Å². The lowest BCUT2D eigenvalue weighted by Gasteiger charge is -2.34. The number of hydrogen-bond donors (Lipinski definition) is 2. The SMILES string of the molecule is CC(C)(C)C1(C(N)=O)N=CON1. The number of hydrogen-bond acceptors (Lipinski definition) is 4. The largest absolute Gasteiger partial charge is 0.394 e. The van der Waals surface area contributed by atoms with Crippen molar-refractivity contribution in [3.05, 3.63) is 0 Å². The molecule has 1 aliphatic heterocycles. The number of aliphatic imine (C=N–C) groups is 1. The van der Waals surface area contributed by atoms with Gasteiger partial charge < -0.3 is 10.6 Å². The predicted octanol–water partition coefficient (Wildman–Crippen LogP) is -0.223. The number of primary amides is 1. The lowest BCUT2D eigenvalue weighted by atomic mass is 9.81. The van der Waals surface area contributed by atoms with Crippen molar-refractivity contribution in [1.82, 2.24) is 5.48 Å². The molecule has 1 rings (SSSR count). The third-order valence-electron chi connectivity index (χ3n) is 1.95. The van der Waals surface area contributed by atoms with Crippen LogP contribution in [-0.2, 0) is 9.63 Å². The zero-order valence-electron chi connectivity index (χ0n) is 7.42. The van der Waals surface area contributed by atoms with E-state index in [1.165, 1.54) is 6.40 Å². The highest BCUT2D eigenvalue weighted by Crippen LogP contribution is 2.32. The highest BCUT2D eigenvalue weighted by Gasteiger charge is 2.50. The molecular weight excluding hydrogens is 158 g/mol. The maximum absolute atomic E-state index is 11.1. The predicted molar refractivity (Wildman–Crippen MR) is 44.1 cm³/mol. The van der Waals surface area contributed by atoms with E-state index in [1.54, 1.807) is 0 Å². The topological polar surface area (TPSA) is 76.7 Å². The molecule has 0 aliphatic carbocycles. The summed E-state index contributed by atoms with van der Waals surface area (Å²) in [6, 6.07) is 0. The van der Waals surface area contributed by atoms with Gasteiger partial charge in [-0.1, -0.05) is 20.8 Å².